The molecule has 0 spiro atoms. The van der Waals surface area contributed by atoms with Crippen LogP contribution in [0.5, 0.6) is 0 Å². The first-order chi connectivity index (χ1) is 13.7. The molecule has 0 saturated carbocycles. The SMILES string of the molecule is O=C(NCc1ccccc1)c1cnc2ccc(CN3CCOCC3)nn2c1=O. The number of rotatable bonds is 5. The third-order valence-electron chi connectivity index (χ3n) is 4.65. The van der Waals surface area contributed by atoms with Gasteiger partial charge in [0, 0.05) is 32.4 Å². The Morgan fingerprint density at radius 2 is 1.89 bits per heavy atom. The Morgan fingerprint density at radius 3 is 2.68 bits per heavy atom. The van der Waals surface area contributed by atoms with Gasteiger partial charge in [-0.1, -0.05) is 30.3 Å². The highest BCUT2D eigenvalue weighted by atomic mass is 16.5. The first-order valence-corrected chi connectivity index (χ1v) is 9.21. The zero-order valence-electron chi connectivity index (χ0n) is 15.4. The van der Waals surface area contributed by atoms with Gasteiger partial charge in [-0.3, -0.25) is 14.5 Å². The monoisotopic (exact) mass is 379 g/mol. The summed E-state index contributed by atoms with van der Waals surface area (Å²) < 4.78 is 6.55. The van der Waals surface area contributed by atoms with E-state index in [1.54, 1.807) is 6.07 Å². The van der Waals surface area contributed by atoms with Crippen LogP contribution in [-0.2, 0) is 17.8 Å². The Bertz CT molecular complexity index is 1030. The van der Waals surface area contributed by atoms with Crippen LogP contribution in [0, 0.1) is 0 Å². The quantitative estimate of drug-likeness (QED) is 0.707. The number of carbonyl (C=O) groups is 1. The van der Waals surface area contributed by atoms with E-state index in [0.29, 0.717) is 32.0 Å². The number of fused-ring (bicyclic) bond motifs is 1. The molecule has 8 heteroatoms. The normalized spacial score (nSPS) is 14.9. The second-order valence-electron chi connectivity index (χ2n) is 6.63. The summed E-state index contributed by atoms with van der Waals surface area (Å²) >= 11 is 0. The van der Waals surface area contributed by atoms with E-state index in [9.17, 15) is 9.59 Å². The third kappa shape index (κ3) is 4.08. The lowest BCUT2D eigenvalue weighted by Gasteiger charge is -2.26. The fourth-order valence-electron chi connectivity index (χ4n) is 3.10. The first kappa shape index (κ1) is 18.3. The Hall–Kier alpha value is -3.10. The predicted molar refractivity (Wildman–Crippen MR) is 103 cm³/mol. The lowest BCUT2D eigenvalue weighted by molar-refractivity contribution is 0.0335. The molecule has 2 aromatic heterocycles. The summed E-state index contributed by atoms with van der Waals surface area (Å²) in [6.07, 6.45) is 1.31. The molecular formula is C20H21N5O3. The van der Waals surface area contributed by atoms with Crippen LogP contribution in [0.15, 0.2) is 53.5 Å². The van der Waals surface area contributed by atoms with Gasteiger partial charge in [-0.25, -0.2) is 4.98 Å². The summed E-state index contributed by atoms with van der Waals surface area (Å²) in [5, 5.41) is 7.17. The molecule has 1 N–H and O–H groups in total. The fraction of sp³-hybridized carbons (Fsp3) is 0.300. The predicted octanol–water partition coefficient (Wildman–Crippen LogP) is 0.852. The van der Waals surface area contributed by atoms with Crippen molar-refractivity contribution < 1.29 is 9.53 Å². The Balaban J connectivity index is 1.54. The topological polar surface area (TPSA) is 88.8 Å². The number of benzene rings is 1. The summed E-state index contributed by atoms with van der Waals surface area (Å²) in [5.74, 6) is -0.462. The van der Waals surface area contributed by atoms with Crippen molar-refractivity contribution in [3.05, 3.63) is 75.8 Å². The number of aromatic nitrogens is 3. The molecule has 0 unspecified atom stereocenters. The summed E-state index contributed by atoms with van der Waals surface area (Å²) in [6, 6.07) is 13.1. The standard InChI is InChI=1S/C20H21N5O3/c26-19(22-12-15-4-2-1-3-5-15)17-13-21-18-7-6-16(23-25(18)20(17)27)14-24-8-10-28-11-9-24/h1-7,13H,8-12,14H2,(H,22,26). The lowest BCUT2D eigenvalue weighted by Crippen LogP contribution is -2.36. The maximum Gasteiger partial charge on any atom is 0.287 e. The van der Waals surface area contributed by atoms with Gasteiger partial charge in [0.1, 0.15) is 5.56 Å². The number of hydrogen-bond acceptors (Lipinski definition) is 6. The van der Waals surface area contributed by atoms with Gasteiger partial charge in [0.25, 0.3) is 11.5 Å². The van der Waals surface area contributed by atoms with Crippen LogP contribution in [0.3, 0.4) is 0 Å². The minimum atomic E-state index is -0.473. The highest BCUT2D eigenvalue weighted by molar-refractivity contribution is 5.93. The molecule has 0 atom stereocenters. The molecule has 1 aromatic carbocycles. The van der Waals surface area contributed by atoms with Crippen LogP contribution in [0.4, 0.5) is 0 Å². The largest absolute Gasteiger partial charge is 0.379 e. The second-order valence-corrected chi connectivity index (χ2v) is 6.63. The molecule has 1 aliphatic heterocycles. The first-order valence-electron chi connectivity index (χ1n) is 9.21. The maximum absolute atomic E-state index is 12.8. The molecule has 1 aliphatic rings. The maximum atomic E-state index is 12.8. The number of morpholine rings is 1. The highest BCUT2D eigenvalue weighted by Crippen LogP contribution is 2.06. The van der Waals surface area contributed by atoms with Crippen molar-refractivity contribution in [1.29, 1.82) is 0 Å². The molecule has 28 heavy (non-hydrogen) atoms. The number of amides is 1. The van der Waals surface area contributed by atoms with Gasteiger partial charge in [-0.15, -0.1) is 0 Å². The van der Waals surface area contributed by atoms with Crippen LogP contribution in [-0.4, -0.2) is 51.7 Å². The summed E-state index contributed by atoms with van der Waals surface area (Å²) in [6.45, 7) is 4.01. The molecule has 1 saturated heterocycles. The molecule has 0 aliphatic carbocycles. The van der Waals surface area contributed by atoms with E-state index in [-0.39, 0.29) is 5.56 Å². The van der Waals surface area contributed by atoms with Crippen molar-refractivity contribution >= 4 is 11.6 Å². The van der Waals surface area contributed by atoms with Crippen LogP contribution in [0.25, 0.3) is 5.65 Å². The molecule has 1 fully saturated rings. The van der Waals surface area contributed by atoms with Crippen LogP contribution >= 0.6 is 0 Å². The number of carbonyl (C=O) groups excluding carboxylic acids is 1. The average Bonchev–Trinajstić information content (AvgIpc) is 2.74. The van der Waals surface area contributed by atoms with E-state index in [1.807, 2.05) is 36.4 Å². The van der Waals surface area contributed by atoms with Gasteiger partial charge < -0.3 is 10.1 Å². The average molecular weight is 379 g/mol. The third-order valence-corrected chi connectivity index (χ3v) is 4.65. The summed E-state index contributed by atoms with van der Waals surface area (Å²) in [7, 11) is 0. The van der Waals surface area contributed by atoms with Gasteiger partial charge in [-0.2, -0.15) is 9.61 Å². The minimum Gasteiger partial charge on any atom is -0.379 e. The molecule has 144 valence electrons. The number of hydrogen-bond donors (Lipinski definition) is 1. The molecule has 4 rings (SSSR count). The van der Waals surface area contributed by atoms with E-state index in [1.165, 1.54) is 10.7 Å². The van der Waals surface area contributed by atoms with Crippen molar-refractivity contribution in [3.8, 4) is 0 Å². The number of ether oxygens (including phenoxy) is 1. The van der Waals surface area contributed by atoms with E-state index >= 15 is 0 Å². The fourth-order valence-corrected chi connectivity index (χ4v) is 3.10. The van der Waals surface area contributed by atoms with Gasteiger partial charge in [0.05, 0.1) is 18.9 Å². The van der Waals surface area contributed by atoms with Gasteiger partial charge in [-0.05, 0) is 17.7 Å². The molecule has 0 bridgehead atoms. The molecular weight excluding hydrogens is 358 g/mol. The molecule has 0 radical (unpaired) electrons. The number of nitrogens with one attached hydrogen (secondary N) is 1. The molecule has 3 aromatic rings. The van der Waals surface area contributed by atoms with Gasteiger partial charge >= 0.3 is 0 Å². The van der Waals surface area contributed by atoms with E-state index < -0.39 is 11.5 Å². The lowest BCUT2D eigenvalue weighted by atomic mass is 10.2. The van der Waals surface area contributed by atoms with Crippen LogP contribution < -0.4 is 10.9 Å². The van der Waals surface area contributed by atoms with Crippen LogP contribution in [0.2, 0.25) is 0 Å². The van der Waals surface area contributed by atoms with Gasteiger partial charge in [0.15, 0.2) is 5.65 Å². The molecule has 3 heterocycles. The van der Waals surface area contributed by atoms with E-state index in [0.717, 1.165) is 24.3 Å². The summed E-state index contributed by atoms with van der Waals surface area (Å²) in [4.78, 5) is 31.7. The Labute approximate surface area is 161 Å². The second kappa shape index (κ2) is 8.28. The van der Waals surface area contributed by atoms with E-state index in [4.69, 9.17) is 4.74 Å². The highest BCUT2D eigenvalue weighted by Gasteiger charge is 2.16. The van der Waals surface area contributed by atoms with E-state index in [2.05, 4.69) is 20.3 Å². The Kier molecular flexibility index (Phi) is 5.41. The Morgan fingerprint density at radius 1 is 1.11 bits per heavy atom. The van der Waals surface area contributed by atoms with Crippen molar-refractivity contribution in [2.45, 2.75) is 13.1 Å². The van der Waals surface area contributed by atoms with Crippen molar-refractivity contribution in [1.82, 2.24) is 24.8 Å². The van der Waals surface area contributed by atoms with Gasteiger partial charge in [0.2, 0.25) is 0 Å². The smallest absolute Gasteiger partial charge is 0.287 e. The molecule has 1 amide bonds. The zero-order valence-corrected chi connectivity index (χ0v) is 15.4. The summed E-state index contributed by atoms with van der Waals surface area (Å²) in [5.41, 5.74) is 1.62. The number of nitrogens with zero attached hydrogens (tertiary/aromatic N) is 4. The van der Waals surface area contributed by atoms with Crippen molar-refractivity contribution in [2.75, 3.05) is 26.3 Å². The van der Waals surface area contributed by atoms with Crippen molar-refractivity contribution in [2.24, 2.45) is 0 Å². The van der Waals surface area contributed by atoms with Crippen molar-refractivity contribution in [3.63, 3.8) is 0 Å². The zero-order chi connectivity index (χ0) is 19.3. The van der Waals surface area contributed by atoms with Crippen LogP contribution in [0.1, 0.15) is 21.6 Å². The molecule has 8 nitrogen and oxygen atoms in total. The minimum absolute atomic E-state index is 0.0237.